The van der Waals surface area contributed by atoms with Gasteiger partial charge in [-0.3, -0.25) is 4.90 Å². The minimum Gasteiger partial charge on any atom is -0.289 e. The monoisotopic (exact) mass is 171 g/mol. The molecule has 1 aliphatic rings. The van der Waals surface area contributed by atoms with Gasteiger partial charge in [0.1, 0.15) is 0 Å². The van der Waals surface area contributed by atoms with E-state index in [0.29, 0.717) is 4.87 Å². The highest BCUT2D eigenvalue weighted by molar-refractivity contribution is 8.03. The Labute approximate surface area is 73.8 Å². The molecule has 11 heavy (non-hydrogen) atoms. The summed E-state index contributed by atoms with van der Waals surface area (Å²) >= 11 is 1.95. The molecule has 1 heterocycles. The lowest BCUT2D eigenvalue weighted by atomic mass is 10.2. The molecule has 0 N–H and O–H groups in total. The summed E-state index contributed by atoms with van der Waals surface area (Å²) in [6.07, 6.45) is 3.46. The van der Waals surface area contributed by atoms with Crippen molar-refractivity contribution < 1.29 is 0 Å². The quantitative estimate of drug-likeness (QED) is 0.642. The second-order valence-electron chi connectivity index (χ2n) is 3.04. The van der Waals surface area contributed by atoms with Gasteiger partial charge in [-0.1, -0.05) is 19.9 Å². The summed E-state index contributed by atoms with van der Waals surface area (Å²) in [5.74, 6) is 0. The van der Waals surface area contributed by atoms with Crippen LogP contribution in [0.2, 0.25) is 0 Å². The van der Waals surface area contributed by atoms with Gasteiger partial charge in [0, 0.05) is 0 Å². The Kier molecular flexibility index (Phi) is 3.02. The van der Waals surface area contributed by atoms with Gasteiger partial charge in [-0.2, -0.15) is 0 Å². The van der Waals surface area contributed by atoms with Crippen LogP contribution in [0.4, 0.5) is 0 Å². The SMILES string of the molecule is CCN(CC)C1(C)CC=CS1. The third-order valence-corrected chi connectivity index (χ3v) is 3.61. The van der Waals surface area contributed by atoms with Crippen molar-refractivity contribution in [2.45, 2.75) is 32.1 Å². The van der Waals surface area contributed by atoms with Gasteiger partial charge in [0.05, 0.1) is 4.87 Å². The average Bonchev–Trinajstić information content (AvgIpc) is 2.39. The van der Waals surface area contributed by atoms with E-state index >= 15 is 0 Å². The molecular formula is C9H17NS. The minimum absolute atomic E-state index is 0.351. The molecule has 0 aliphatic carbocycles. The van der Waals surface area contributed by atoms with Crippen LogP contribution >= 0.6 is 11.8 Å². The van der Waals surface area contributed by atoms with Crippen LogP contribution in [0.5, 0.6) is 0 Å². The van der Waals surface area contributed by atoms with Crippen LogP contribution in [-0.2, 0) is 0 Å². The van der Waals surface area contributed by atoms with Crippen LogP contribution in [0.15, 0.2) is 11.5 Å². The van der Waals surface area contributed by atoms with Crippen LogP contribution in [0.25, 0.3) is 0 Å². The van der Waals surface area contributed by atoms with E-state index in [0.717, 1.165) is 13.1 Å². The molecule has 0 amide bonds. The van der Waals surface area contributed by atoms with Gasteiger partial charge < -0.3 is 0 Å². The summed E-state index contributed by atoms with van der Waals surface area (Å²) in [6.45, 7) is 9.09. The van der Waals surface area contributed by atoms with Crippen molar-refractivity contribution in [2.24, 2.45) is 0 Å². The van der Waals surface area contributed by atoms with Crippen molar-refractivity contribution in [3.05, 3.63) is 11.5 Å². The van der Waals surface area contributed by atoms with E-state index in [2.05, 4.69) is 37.2 Å². The van der Waals surface area contributed by atoms with Crippen molar-refractivity contribution in [1.29, 1.82) is 0 Å². The molecule has 0 radical (unpaired) electrons. The highest BCUT2D eigenvalue weighted by Crippen LogP contribution is 2.38. The Hall–Kier alpha value is 0.0500. The topological polar surface area (TPSA) is 3.24 Å². The molecule has 0 fully saturated rings. The lowest BCUT2D eigenvalue weighted by Gasteiger charge is -2.35. The van der Waals surface area contributed by atoms with E-state index in [-0.39, 0.29) is 0 Å². The van der Waals surface area contributed by atoms with Crippen LogP contribution in [-0.4, -0.2) is 22.9 Å². The second-order valence-corrected chi connectivity index (χ2v) is 4.43. The highest BCUT2D eigenvalue weighted by Gasteiger charge is 2.30. The van der Waals surface area contributed by atoms with Gasteiger partial charge >= 0.3 is 0 Å². The van der Waals surface area contributed by atoms with Gasteiger partial charge in [-0.15, -0.1) is 11.8 Å². The van der Waals surface area contributed by atoms with Crippen LogP contribution < -0.4 is 0 Å². The second kappa shape index (κ2) is 3.63. The van der Waals surface area contributed by atoms with Crippen LogP contribution in [0, 0.1) is 0 Å². The molecule has 0 aromatic carbocycles. The van der Waals surface area contributed by atoms with Crippen molar-refractivity contribution in [3.63, 3.8) is 0 Å². The average molecular weight is 171 g/mol. The zero-order valence-corrected chi connectivity index (χ0v) is 8.45. The molecule has 0 spiro atoms. The van der Waals surface area contributed by atoms with Crippen molar-refractivity contribution in [1.82, 2.24) is 4.90 Å². The lowest BCUT2D eigenvalue weighted by Crippen LogP contribution is -2.41. The van der Waals surface area contributed by atoms with E-state index < -0.39 is 0 Å². The Morgan fingerprint density at radius 2 is 2.09 bits per heavy atom. The molecule has 1 atom stereocenters. The maximum absolute atomic E-state index is 2.51. The number of thioether (sulfide) groups is 1. The number of hydrogen-bond donors (Lipinski definition) is 0. The molecule has 0 saturated heterocycles. The summed E-state index contributed by atoms with van der Waals surface area (Å²) in [6, 6.07) is 0. The molecule has 0 bridgehead atoms. The van der Waals surface area contributed by atoms with Gasteiger partial charge in [-0.05, 0) is 31.8 Å². The molecule has 0 aromatic heterocycles. The predicted octanol–water partition coefficient (Wildman–Crippen LogP) is 2.70. The maximum atomic E-state index is 2.51. The Balaban J connectivity index is 2.55. The first-order valence-electron chi connectivity index (χ1n) is 4.31. The first-order chi connectivity index (χ1) is 5.23. The molecule has 1 aliphatic heterocycles. The summed E-state index contributed by atoms with van der Waals surface area (Å²) in [5.41, 5.74) is 0. The number of hydrogen-bond acceptors (Lipinski definition) is 2. The fourth-order valence-corrected chi connectivity index (χ4v) is 2.69. The molecule has 2 heteroatoms. The molecular weight excluding hydrogens is 154 g/mol. The molecule has 0 aromatic rings. The number of nitrogens with zero attached hydrogens (tertiary/aromatic N) is 1. The van der Waals surface area contributed by atoms with E-state index in [4.69, 9.17) is 0 Å². The van der Waals surface area contributed by atoms with E-state index in [9.17, 15) is 0 Å². The standard InChI is InChI=1S/C9H17NS/c1-4-10(5-2)9(3)7-6-8-11-9/h6,8H,4-5,7H2,1-3H3. The van der Waals surface area contributed by atoms with Crippen molar-refractivity contribution >= 4 is 11.8 Å². The Morgan fingerprint density at radius 1 is 1.45 bits per heavy atom. The summed E-state index contributed by atoms with van der Waals surface area (Å²) < 4.78 is 0. The first kappa shape index (κ1) is 9.14. The van der Waals surface area contributed by atoms with Crippen LogP contribution in [0.1, 0.15) is 27.2 Å². The molecule has 1 nitrogen and oxygen atoms in total. The highest BCUT2D eigenvalue weighted by atomic mass is 32.2. The smallest absolute Gasteiger partial charge is 0.0716 e. The Bertz CT molecular complexity index is 142. The van der Waals surface area contributed by atoms with Gasteiger partial charge in [-0.25, -0.2) is 0 Å². The van der Waals surface area contributed by atoms with Crippen LogP contribution in [0.3, 0.4) is 0 Å². The summed E-state index contributed by atoms with van der Waals surface area (Å²) in [4.78, 5) is 2.86. The zero-order valence-electron chi connectivity index (χ0n) is 7.63. The minimum atomic E-state index is 0.351. The van der Waals surface area contributed by atoms with Gasteiger partial charge in [0.15, 0.2) is 0 Å². The fraction of sp³-hybridized carbons (Fsp3) is 0.778. The first-order valence-corrected chi connectivity index (χ1v) is 5.18. The van der Waals surface area contributed by atoms with E-state index in [1.807, 2.05) is 11.8 Å². The van der Waals surface area contributed by atoms with Gasteiger partial charge in [0.2, 0.25) is 0 Å². The maximum Gasteiger partial charge on any atom is 0.0716 e. The van der Waals surface area contributed by atoms with E-state index in [1.54, 1.807) is 0 Å². The molecule has 0 saturated carbocycles. The van der Waals surface area contributed by atoms with Crippen molar-refractivity contribution in [2.75, 3.05) is 13.1 Å². The summed E-state index contributed by atoms with van der Waals surface area (Å²) in [7, 11) is 0. The normalized spacial score (nSPS) is 30.2. The van der Waals surface area contributed by atoms with Crippen molar-refractivity contribution in [3.8, 4) is 0 Å². The molecule has 64 valence electrons. The third-order valence-electron chi connectivity index (χ3n) is 2.35. The zero-order chi connectivity index (χ0) is 8.32. The Morgan fingerprint density at radius 3 is 2.45 bits per heavy atom. The number of rotatable bonds is 3. The molecule has 1 unspecified atom stereocenters. The largest absolute Gasteiger partial charge is 0.289 e. The fourth-order valence-electron chi connectivity index (χ4n) is 1.61. The lowest BCUT2D eigenvalue weighted by molar-refractivity contribution is 0.206. The summed E-state index contributed by atoms with van der Waals surface area (Å²) in [5, 5.41) is 2.22. The van der Waals surface area contributed by atoms with Gasteiger partial charge in [0.25, 0.3) is 0 Å². The van der Waals surface area contributed by atoms with E-state index in [1.165, 1.54) is 6.42 Å². The molecule has 1 rings (SSSR count). The predicted molar refractivity (Wildman–Crippen MR) is 52.7 cm³/mol. The third kappa shape index (κ3) is 1.79.